The highest BCUT2D eigenvalue weighted by atomic mass is 16.4. The molecule has 1 heterocycles. The summed E-state index contributed by atoms with van der Waals surface area (Å²) in [7, 11) is 0. The Labute approximate surface area is 86.2 Å². The molecule has 1 rings (SSSR count). The fourth-order valence-electron chi connectivity index (χ4n) is 1.20. The van der Waals surface area contributed by atoms with E-state index in [0.29, 0.717) is 5.57 Å². The van der Waals surface area contributed by atoms with Crippen molar-refractivity contribution in [3.63, 3.8) is 0 Å². The predicted molar refractivity (Wildman–Crippen MR) is 58.4 cm³/mol. The lowest BCUT2D eigenvalue weighted by molar-refractivity contribution is -0.132. The van der Waals surface area contributed by atoms with E-state index in [9.17, 15) is 4.79 Å². The fraction of sp³-hybridized carbons (Fsp3) is 0.727. The zero-order valence-corrected chi connectivity index (χ0v) is 9.18. The van der Waals surface area contributed by atoms with Gasteiger partial charge in [-0.05, 0) is 39.3 Å². The van der Waals surface area contributed by atoms with E-state index in [1.165, 1.54) is 32.4 Å². The Morgan fingerprint density at radius 1 is 1.36 bits per heavy atom. The number of hydrogen-bond acceptors (Lipinski definition) is 2. The molecule has 2 N–H and O–H groups in total. The summed E-state index contributed by atoms with van der Waals surface area (Å²) in [5.41, 5.74) is 0.424. The molecule has 0 saturated carbocycles. The molecule has 3 heteroatoms. The molecular formula is C11H21NO2. The number of carboxylic acid groups (broad SMARTS) is 1. The summed E-state index contributed by atoms with van der Waals surface area (Å²) < 4.78 is 0. The highest BCUT2D eigenvalue weighted by Gasteiger charge is 1.95. The van der Waals surface area contributed by atoms with Crippen molar-refractivity contribution in [1.82, 2.24) is 5.32 Å². The van der Waals surface area contributed by atoms with Gasteiger partial charge in [0.05, 0.1) is 0 Å². The zero-order valence-electron chi connectivity index (χ0n) is 9.18. The van der Waals surface area contributed by atoms with Gasteiger partial charge in [0.2, 0.25) is 0 Å². The van der Waals surface area contributed by atoms with E-state index in [0.717, 1.165) is 6.42 Å². The first-order valence-corrected chi connectivity index (χ1v) is 5.29. The van der Waals surface area contributed by atoms with Gasteiger partial charge in [0.25, 0.3) is 0 Å². The topological polar surface area (TPSA) is 49.3 Å². The third kappa shape index (κ3) is 7.80. The van der Waals surface area contributed by atoms with Gasteiger partial charge in [-0.3, -0.25) is 0 Å². The maximum Gasteiger partial charge on any atom is 0.330 e. The van der Waals surface area contributed by atoms with Crippen LogP contribution in [-0.4, -0.2) is 24.2 Å². The summed E-state index contributed by atoms with van der Waals surface area (Å²) in [6.07, 6.45) is 6.69. The van der Waals surface area contributed by atoms with Crippen LogP contribution in [0.25, 0.3) is 0 Å². The van der Waals surface area contributed by atoms with Crippen LogP contribution in [0.3, 0.4) is 0 Å². The molecule has 0 aromatic rings. The Morgan fingerprint density at radius 3 is 2.07 bits per heavy atom. The van der Waals surface area contributed by atoms with Crippen LogP contribution >= 0.6 is 0 Å². The van der Waals surface area contributed by atoms with Crippen LogP contribution in [0, 0.1) is 0 Å². The van der Waals surface area contributed by atoms with Gasteiger partial charge in [-0.1, -0.05) is 19.4 Å². The number of hydrogen-bond donors (Lipinski definition) is 2. The quantitative estimate of drug-likeness (QED) is 0.670. The highest BCUT2D eigenvalue weighted by molar-refractivity contribution is 5.85. The Kier molecular flexibility index (Phi) is 8.24. The number of nitrogens with one attached hydrogen (secondary N) is 1. The lowest BCUT2D eigenvalue weighted by Gasteiger charge is -2.08. The summed E-state index contributed by atoms with van der Waals surface area (Å²) in [6.45, 7) is 6.00. The summed E-state index contributed by atoms with van der Waals surface area (Å²) in [5.74, 6) is -0.827. The molecule has 1 fully saturated rings. The molecule has 0 unspecified atom stereocenters. The highest BCUT2D eigenvalue weighted by Crippen LogP contribution is 1.96. The van der Waals surface area contributed by atoms with Crippen LogP contribution in [0.4, 0.5) is 0 Å². The van der Waals surface area contributed by atoms with Crippen molar-refractivity contribution in [2.75, 3.05) is 13.1 Å². The molecule has 14 heavy (non-hydrogen) atoms. The first kappa shape index (κ1) is 13.2. The van der Waals surface area contributed by atoms with Crippen molar-refractivity contribution in [3.05, 3.63) is 11.6 Å². The molecular weight excluding hydrogens is 178 g/mol. The van der Waals surface area contributed by atoms with Gasteiger partial charge in [-0.2, -0.15) is 0 Å². The van der Waals surface area contributed by atoms with Gasteiger partial charge >= 0.3 is 5.97 Å². The second kappa shape index (κ2) is 8.75. The molecule has 0 spiro atoms. The molecule has 0 radical (unpaired) electrons. The molecule has 82 valence electrons. The summed E-state index contributed by atoms with van der Waals surface area (Å²) in [4.78, 5) is 10.0. The van der Waals surface area contributed by atoms with Crippen molar-refractivity contribution >= 4 is 5.97 Å². The molecule has 3 nitrogen and oxygen atoms in total. The first-order valence-electron chi connectivity index (χ1n) is 5.29. The van der Waals surface area contributed by atoms with Gasteiger partial charge < -0.3 is 10.4 Å². The number of carboxylic acids is 1. The molecule has 0 aromatic heterocycles. The number of aliphatic carboxylic acids is 1. The lowest BCUT2D eigenvalue weighted by atomic mass is 10.2. The summed E-state index contributed by atoms with van der Waals surface area (Å²) >= 11 is 0. The van der Waals surface area contributed by atoms with Crippen molar-refractivity contribution in [2.24, 2.45) is 0 Å². The Morgan fingerprint density at radius 2 is 1.93 bits per heavy atom. The number of piperidine rings is 1. The average Bonchev–Trinajstić information content (AvgIpc) is 2.21. The van der Waals surface area contributed by atoms with E-state index in [2.05, 4.69) is 5.32 Å². The number of allylic oxidation sites excluding steroid dienone is 1. The van der Waals surface area contributed by atoms with E-state index < -0.39 is 5.97 Å². The van der Waals surface area contributed by atoms with E-state index in [-0.39, 0.29) is 0 Å². The fourth-order valence-corrected chi connectivity index (χ4v) is 1.20. The van der Waals surface area contributed by atoms with Crippen molar-refractivity contribution < 1.29 is 9.90 Å². The van der Waals surface area contributed by atoms with E-state index in [1.807, 2.05) is 6.92 Å². The number of rotatable bonds is 2. The molecule has 1 aliphatic rings. The summed E-state index contributed by atoms with van der Waals surface area (Å²) in [6, 6.07) is 0. The smallest absolute Gasteiger partial charge is 0.330 e. The lowest BCUT2D eigenvalue weighted by Crippen LogP contribution is -2.21. The molecule has 1 saturated heterocycles. The molecule has 0 aromatic carbocycles. The molecule has 0 amide bonds. The maximum absolute atomic E-state index is 10.0. The Balaban J connectivity index is 0.000000249. The van der Waals surface area contributed by atoms with Crippen LogP contribution in [0.15, 0.2) is 11.6 Å². The zero-order chi connectivity index (χ0) is 10.8. The van der Waals surface area contributed by atoms with Gasteiger partial charge in [0.15, 0.2) is 0 Å². The normalized spacial score (nSPS) is 16.9. The van der Waals surface area contributed by atoms with Crippen LogP contribution in [0.2, 0.25) is 0 Å². The SMILES string of the molecule is C1CCNCC1.CC/C=C(\C)C(=O)O. The Bertz CT molecular complexity index is 172. The van der Waals surface area contributed by atoms with Crippen molar-refractivity contribution in [1.29, 1.82) is 0 Å². The third-order valence-electron chi connectivity index (χ3n) is 2.05. The molecule has 1 aliphatic heterocycles. The third-order valence-corrected chi connectivity index (χ3v) is 2.05. The van der Waals surface area contributed by atoms with Gasteiger partial charge in [-0.15, -0.1) is 0 Å². The number of carbonyl (C=O) groups is 1. The second-order valence-corrected chi connectivity index (χ2v) is 3.41. The van der Waals surface area contributed by atoms with Gasteiger partial charge in [0.1, 0.15) is 0 Å². The summed E-state index contributed by atoms with van der Waals surface area (Å²) in [5, 5.41) is 11.5. The van der Waals surface area contributed by atoms with Crippen molar-refractivity contribution in [2.45, 2.75) is 39.5 Å². The average molecular weight is 199 g/mol. The molecule has 0 atom stereocenters. The van der Waals surface area contributed by atoms with Crippen LogP contribution < -0.4 is 5.32 Å². The standard InChI is InChI=1S/C6H10O2.C5H11N/c1-3-4-5(2)6(7)8;1-2-4-6-5-3-1/h4H,3H2,1-2H3,(H,7,8);6H,1-5H2/b5-4+;. The van der Waals surface area contributed by atoms with Gasteiger partial charge in [0, 0.05) is 5.57 Å². The Hall–Kier alpha value is -0.830. The van der Waals surface area contributed by atoms with Crippen LogP contribution in [0.1, 0.15) is 39.5 Å². The monoisotopic (exact) mass is 199 g/mol. The van der Waals surface area contributed by atoms with Crippen LogP contribution in [-0.2, 0) is 4.79 Å². The maximum atomic E-state index is 10.0. The first-order chi connectivity index (χ1) is 6.68. The van der Waals surface area contributed by atoms with E-state index in [1.54, 1.807) is 13.0 Å². The minimum absolute atomic E-state index is 0.424. The molecule has 0 bridgehead atoms. The minimum atomic E-state index is -0.827. The predicted octanol–water partition coefficient (Wildman–Crippen LogP) is 2.19. The van der Waals surface area contributed by atoms with Crippen LogP contribution in [0.5, 0.6) is 0 Å². The minimum Gasteiger partial charge on any atom is -0.478 e. The second-order valence-electron chi connectivity index (χ2n) is 3.41. The van der Waals surface area contributed by atoms with E-state index >= 15 is 0 Å². The molecule has 0 aliphatic carbocycles. The van der Waals surface area contributed by atoms with Gasteiger partial charge in [-0.25, -0.2) is 4.79 Å². The van der Waals surface area contributed by atoms with E-state index in [4.69, 9.17) is 5.11 Å². The van der Waals surface area contributed by atoms with Crippen molar-refractivity contribution in [3.8, 4) is 0 Å². The largest absolute Gasteiger partial charge is 0.478 e.